The van der Waals surface area contributed by atoms with Crippen LogP contribution in [0.25, 0.3) is 77.2 Å². The molecule has 0 aliphatic heterocycles. The van der Waals surface area contributed by atoms with E-state index in [1.807, 2.05) is 13.8 Å². The summed E-state index contributed by atoms with van der Waals surface area (Å²) in [5.74, 6) is 0. The molecule has 8 aromatic rings. The van der Waals surface area contributed by atoms with Crippen LogP contribution in [0.5, 0.6) is 0 Å². The molecule has 2 aromatic heterocycles. The van der Waals surface area contributed by atoms with Crippen LogP contribution in [0.2, 0.25) is 0 Å². The number of nitrogens with zero attached hydrogens (tertiary/aromatic N) is 2. The molecule has 0 bridgehead atoms. The molecule has 2 nitrogen and oxygen atoms in total. The second kappa shape index (κ2) is 10.3. The van der Waals surface area contributed by atoms with Gasteiger partial charge in [0.15, 0.2) is 0 Å². The molecule has 0 fully saturated rings. The fourth-order valence-corrected chi connectivity index (χ4v) is 7.02. The Kier molecular flexibility index (Phi) is 6.08. The van der Waals surface area contributed by atoms with Crippen LogP contribution in [0.1, 0.15) is 31.5 Å². The molecule has 0 spiro atoms. The normalized spacial score (nSPS) is 12.6. The maximum absolute atomic E-state index is 4.85. The van der Waals surface area contributed by atoms with E-state index in [0.29, 0.717) is 0 Å². The Morgan fingerprint density at radius 3 is 2.16 bits per heavy atom. The molecule has 9 rings (SSSR count). The molecule has 1 aliphatic rings. The fraction of sp³-hybridized carbons (Fsp3) is 0.0976. The first kappa shape index (κ1) is 25.5. The summed E-state index contributed by atoms with van der Waals surface area (Å²) >= 11 is 0. The summed E-state index contributed by atoms with van der Waals surface area (Å²) < 4.78 is 2.44. The summed E-state index contributed by atoms with van der Waals surface area (Å²) in [5, 5.41) is 7.76. The zero-order chi connectivity index (χ0) is 28.9. The van der Waals surface area contributed by atoms with Crippen molar-refractivity contribution in [1.29, 1.82) is 0 Å². The van der Waals surface area contributed by atoms with Crippen LogP contribution in [-0.4, -0.2) is 9.38 Å². The van der Waals surface area contributed by atoms with Gasteiger partial charge < -0.3 is 4.40 Å². The van der Waals surface area contributed by atoms with Gasteiger partial charge in [-0.3, -0.25) is 4.98 Å². The Hall–Kier alpha value is -5.21. The first-order chi connectivity index (χ1) is 21.3. The number of benzene rings is 6. The third kappa shape index (κ3) is 3.90. The van der Waals surface area contributed by atoms with Gasteiger partial charge in [0.1, 0.15) is 0 Å². The maximum Gasteiger partial charge on any atom is 0.0870 e. The summed E-state index contributed by atoms with van der Waals surface area (Å²) in [7, 11) is 0. The Bertz CT molecular complexity index is 2350. The highest BCUT2D eigenvalue weighted by Crippen LogP contribution is 2.41. The molecule has 0 saturated heterocycles. The largest absolute Gasteiger partial charge is 0.309 e. The van der Waals surface area contributed by atoms with Gasteiger partial charge in [-0.05, 0) is 80.0 Å². The van der Waals surface area contributed by atoms with Gasteiger partial charge in [0.25, 0.3) is 0 Å². The van der Waals surface area contributed by atoms with E-state index >= 15 is 0 Å². The topological polar surface area (TPSA) is 17.3 Å². The van der Waals surface area contributed by atoms with Crippen LogP contribution < -0.4 is 0 Å². The van der Waals surface area contributed by atoms with Crippen molar-refractivity contribution >= 4 is 54.9 Å². The fourth-order valence-electron chi connectivity index (χ4n) is 7.02. The van der Waals surface area contributed by atoms with Gasteiger partial charge in [-0.2, -0.15) is 0 Å². The van der Waals surface area contributed by atoms with Crippen molar-refractivity contribution in [3.05, 3.63) is 139 Å². The van der Waals surface area contributed by atoms with Gasteiger partial charge in [-0.15, -0.1) is 0 Å². The number of rotatable bonds is 2. The summed E-state index contributed by atoms with van der Waals surface area (Å²) in [6.07, 6.45) is 8.78. The number of fused-ring (bicyclic) bond motifs is 10. The van der Waals surface area contributed by atoms with Crippen molar-refractivity contribution in [3.8, 4) is 22.3 Å². The zero-order valence-corrected chi connectivity index (χ0v) is 24.5. The predicted octanol–water partition coefficient (Wildman–Crippen LogP) is 11.3. The lowest BCUT2D eigenvalue weighted by molar-refractivity contribution is 0.921. The molecule has 43 heavy (non-hydrogen) atoms. The molecule has 0 N–H and O–H groups in total. The maximum atomic E-state index is 4.85. The molecule has 2 heterocycles. The number of allylic oxidation sites excluding steroid dienone is 1. The minimum Gasteiger partial charge on any atom is -0.309 e. The van der Waals surface area contributed by atoms with Crippen LogP contribution in [0.3, 0.4) is 0 Å². The van der Waals surface area contributed by atoms with Gasteiger partial charge >= 0.3 is 0 Å². The highest BCUT2D eigenvalue weighted by molar-refractivity contribution is 6.21. The van der Waals surface area contributed by atoms with Crippen LogP contribution in [0, 0.1) is 0 Å². The molecule has 1 aliphatic carbocycles. The first-order valence-corrected chi connectivity index (χ1v) is 15.4. The average molecular weight is 553 g/mol. The van der Waals surface area contributed by atoms with Crippen molar-refractivity contribution in [2.75, 3.05) is 0 Å². The van der Waals surface area contributed by atoms with E-state index in [1.165, 1.54) is 76.9 Å². The Labute approximate surface area is 251 Å². The smallest absolute Gasteiger partial charge is 0.0870 e. The summed E-state index contributed by atoms with van der Waals surface area (Å²) in [6.45, 7) is 4.00. The first-order valence-electron chi connectivity index (χ1n) is 15.4. The van der Waals surface area contributed by atoms with E-state index in [2.05, 4.69) is 138 Å². The second-order valence-corrected chi connectivity index (χ2v) is 11.1. The Morgan fingerprint density at radius 2 is 1.30 bits per heavy atom. The molecule has 0 radical (unpaired) electrons. The van der Waals surface area contributed by atoms with E-state index in [1.54, 1.807) is 0 Å². The highest BCUT2D eigenvalue weighted by Gasteiger charge is 2.21. The molecular weight excluding hydrogens is 520 g/mol. The Balaban J connectivity index is 0.00000136. The van der Waals surface area contributed by atoms with Crippen LogP contribution >= 0.6 is 0 Å². The van der Waals surface area contributed by atoms with E-state index in [9.17, 15) is 0 Å². The molecule has 206 valence electrons. The van der Waals surface area contributed by atoms with E-state index in [0.717, 1.165) is 18.4 Å². The van der Waals surface area contributed by atoms with Crippen LogP contribution in [-0.2, 0) is 6.42 Å². The van der Waals surface area contributed by atoms with Crippen LogP contribution in [0.4, 0.5) is 0 Å². The van der Waals surface area contributed by atoms with Gasteiger partial charge in [0.05, 0.1) is 22.7 Å². The van der Waals surface area contributed by atoms with Crippen molar-refractivity contribution in [3.63, 3.8) is 0 Å². The van der Waals surface area contributed by atoms with Crippen molar-refractivity contribution in [1.82, 2.24) is 9.38 Å². The molecule has 0 atom stereocenters. The number of hydrogen-bond acceptors (Lipinski definition) is 1. The van der Waals surface area contributed by atoms with Crippen molar-refractivity contribution in [2.24, 2.45) is 0 Å². The molecule has 6 aromatic carbocycles. The van der Waals surface area contributed by atoms with Crippen LogP contribution in [0.15, 0.2) is 128 Å². The Morgan fingerprint density at radius 1 is 0.605 bits per heavy atom. The standard InChI is InChI=1S/C39H26N2.C2H6/c1-2-10-28-25(9-1)21-22-31-29-11-3-4-12-30(29)33(23-34(28)31)26-17-19-27(20-18-26)39-32-13-5-7-15-36(32)41-37-16-8-6-14-35(37)40-24-38(39)41;1-2/h1-6,8-14,16-24H,7,15H2;1-2H3. The zero-order valence-electron chi connectivity index (χ0n) is 24.5. The van der Waals surface area contributed by atoms with Gasteiger partial charge in [-0.1, -0.05) is 123 Å². The predicted molar refractivity (Wildman–Crippen MR) is 185 cm³/mol. The lowest BCUT2D eigenvalue weighted by Crippen LogP contribution is -1.99. The van der Waals surface area contributed by atoms with Crippen molar-refractivity contribution < 1.29 is 0 Å². The molecule has 0 amide bonds. The number of para-hydroxylation sites is 2. The molecule has 0 saturated carbocycles. The quantitative estimate of drug-likeness (QED) is 0.195. The third-order valence-electron chi connectivity index (χ3n) is 8.88. The lowest BCUT2D eigenvalue weighted by atomic mass is 9.90. The highest BCUT2D eigenvalue weighted by atomic mass is 15.0. The van der Waals surface area contributed by atoms with E-state index in [-0.39, 0.29) is 0 Å². The summed E-state index contributed by atoms with van der Waals surface area (Å²) in [5.41, 5.74) is 11.1. The number of aryl methyl sites for hydroxylation is 1. The minimum absolute atomic E-state index is 1.03. The average Bonchev–Trinajstić information content (AvgIpc) is 3.43. The summed E-state index contributed by atoms with van der Waals surface area (Å²) in [4.78, 5) is 4.85. The lowest BCUT2D eigenvalue weighted by Gasteiger charge is -2.14. The minimum atomic E-state index is 1.03. The van der Waals surface area contributed by atoms with E-state index < -0.39 is 0 Å². The third-order valence-corrected chi connectivity index (χ3v) is 8.88. The number of hydrogen-bond donors (Lipinski definition) is 0. The van der Waals surface area contributed by atoms with Gasteiger partial charge in [0.2, 0.25) is 0 Å². The molecule has 0 unspecified atom stereocenters. The SMILES string of the molecule is C1=Cc2c(-c3ccc(-c4cc5c6ccccc6ccc5c5ccccc45)cc3)c3cnc4ccccc4n3c2CC1.CC. The molecule has 2 heteroatoms. The monoisotopic (exact) mass is 552 g/mol. The van der Waals surface area contributed by atoms with E-state index in [4.69, 9.17) is 4.98 Å². The molecular formula is C41H32N2. The van der Waals surface area contributed by atoms with Gasteiger partial charge in [-0.25, -0.2) is 0 Å². The van der Waals surface area contributed by atoms with Gasteiger partial charge in [0, 0.05) is 16.8 Å². The summed E-state index contributed by atoms with van der Waals surface area (Å²) in [6, 6.07) is 42.1. The second-order valence-electron chi connectivity index (χ2n) is 11.1. The van der Waals surface area contributed by atoms with Crippen molar-refractivity contribution in [2.45, 2.75) is 26.7 Å². The number of aromatic nitrogens is 2.